The predicted octanol–water partition coefficient (Wildman–Crippen LogP) is 3.12. The van der Waals surface area contributed by atoms with Crippen LogP contribution < -0.4 is 4.90 Å². The van der Waals surface area contributed by atoms with Crippen molar-refractivity contribution in [3.8, 4) is 0 Å². The number of rotatable bonds is 3. The van der Waals surface area contributed by atoms with Crippen LogP contribution in [0.15, 0.2) is 18.2 Å². The molecule has 0 unspecified atom stereocenters. The quantitative estimate of drug-likeness (QED) is 0.752. The first kappa shape index (κ1) is 12.1. The van der Waals surface area contributed by atoms with E-state index in [-0.39, 0.29) is 11.7 Å². The summed E-state index contributed by atoms with van der Waals surface area (Å²) in [7, 11) is 1.55. The van der Waals surface area contributed by atoms with Crippen molar-refractivity contribution < 1.29 is 13.2 Å². The molecule has 0 radical (unpaired) electrons. The zero-order valence-corrected chi connectivity index (χ0v) is 8.81. The van der Waals surface area contributed by atoms with Crippen LogP contribution in [0.4, 0.5) is 19.0 Å². The summed E-state index contributed by atoms with van der Waals surface area (Å²) in [5, 5.41) is 0.270. The molecule has 15 heavy (non-hydrogen) atoms. The van der Waals surface area contributed by atoms with Crippen molar-refractivity contribution in [2.24, 2.45) is 0 Å². The Morgan fingerprint density at radius 2 is 2.07 bits per heavy atom. The van der Waals surface area contributed by atoms with Crippen molar-refractivity contribution >= 4 is 17.4 Å². The van der Waals surface area contributed by atoms with E-state index in [2.05, 4.69) is 4.98 Å². The molecule has 1 aromatic heterocycles. The topological polar surface area (TPSA) is 16.1 Å². The Morgan fingerprint density at radius 1 is 1.40 bits per heavy atom. The molecule has 0 spiro atoms. The molecule has 0 amide bonds. The second-order valence-corrected chi connectivity index (χ2v) is 3.49. The molecule has 1 rings (SSSR count). The van der Waals surface area contributed by atoms with E-state index in [9.17, 15) is 13.2 Å². The van der Waals surface area contributed by atoms with Gasteiger partial charge >= 0.3 is 6.18 Å². The highest BCUT2D eigenvalue weighted by Crippen LogP contribution is 2.21. The van der Waals surface area contributed by atoms with Gasteiger partial charge in [0, 0.05) is 13.6 Å². The molecule has 0 N–H and O–H groups in total. The van der Waals surface area contributed by atoms with Gasteiger partial charge in [0.1, 0.15) is 11.0 Å². The molecule has 0 atom stereocenters. The molecule has 0 aliphatic rings. The monoisotopic (exact) mass is 238 g/mol. The first-order valence-corrected chi connectivity index (χ1v) is 4.67. The third kappa shape index (κ3) is 4.38. The van der Waals surface area contributed by atoms with E-state index in [1.165, 1.54) is 4.90 Å². The molecule has 84 valence electrons. The van der Waals surface area contributed by atoms with Crippen molar-refractivity contribution in [2.75, 3.05) is 18.5 Å². The summed E-state index contributed by atoms with van der Waals surface area (Å²) in [6.45, 7) is -0.128. The Morgan fingerprint density at radius 3 is 2.60 bits per heavy atom. The SMILES string of the molecule is CN(CCC(F)(F)F)c1cccc(Cl)n1. The Balaban J connectivity index is 2.58. The van der Waals surface area contributed by atoms with E-state index in [0.717, 1.165) is 0 Å². The van der Waals surface area contributed by atoms with Crippen molar-refractivity contribution in [1.29, 1.82) is 0 Å². The fourth-order valence-corrected chi connectivity index (χ4v) is 1.18. The molecule has 2 nitrogen and oxygen atoms in total. The Kier molecular flexibility index (Phi) is 3.79. The van der Waals surface area contributed by atoms with Gasteiger partial charge in [0.05, 0.1) is 6.42 Å². The third-order valence-electron chi connectivity index (χ3n) is 1.82. The molecule has 0 fully saturated rings. The number of hydrogen-bond acceptors (Lipinski definition) is 2. The van der Waals surface area contributed by atoms with E-state index in [1.54, 1.807) is 25.2 Å². The Bertz CT molecular complexity index is 327. The zero-order valence-electron chi connectivity index (χ0n) is 8.05. The van der Waals surface area contributed by atoms with E-state index < -0.39 is 12.6 Å². The molecule has 1 heterocycles. The van der Waals surface area contributed by atoms with Crippen LogP contribution in [0.5, 0.6) is 0 Å². The maximum Gasteiger partial charge on any atom is 0.390 e. The van der Waals surface area contributed by atoms with Crippen molar-refractivity contribution in [1.82, 2.24) is 4.98 Å². The van der Waals surface area contributed by atoms with Gasteiger partial charge in [0.15, 0.2) is 0 Å². The first-order chi connectivity index (χ1) is 6.88. The average Bonchev–Trinajstić information content (AvgIpc) is 2.13. The van der Waals surface area contributed by atoms with Crippen LogP contribution in [0.2, 0.25) is 5.15 Å². The van der Waals surface area contributed by atoms with Gasteiger partial charge in [0.2, 0.25) is 0 Å². The molecule has 0 saturated carbocycles. The molecule has 1 aromatic rings. The van der Waals surface area contributed by atoms with Crippen LogP contribution in [0.25, 0.3) is 0 Å². The van der Waals surface area contributed by atoms with E-state index in [0.29, 0.717) is 5.82 Å². The summed E-state index contributed by atoms with van der Waals surface area (Å²) < 4.78 is 35.8. The lowest BCUT2D eigenvalue weighted by atomic mass is 10.3. The molecular weight excluding hydrogens is 229 g/mol. The molecule has 0 aliphatic heterocycles. The van der Waals surface area contributed by atoms with Crippen LogP contribution in [0.1, 0.15) is 6.42 Å². The van der Waals surface area contributed by atoms with E-state index in [1.807, 2.05) is 0 Å². The number of halogens is 4. The highest BCUT2D eigenvalue weighted by Gasteiger charge is 2.27. The number of nitrogens with zero attached hydrogens (tertiary/aromatic N) is 2. The van der Waals surface area contributed by atoms with Crippen LogP contribution >= 0.6 is 11.6 Å². The Labute approximate surface area is 90.7 Å². The Hall–Kier alpha value is -0.970. The van der Waals surface area contributed by atoms with Crippen LogP contribution in [0, 0.1) is 0 Å². The van der Waals surface area contributed by atoms with Gasteiger partial charge in [-0.15, -0.1) is 0 Å². The lowest BCUT2D eigenvalue weighted by Crippen LogP contribution is -2.24. The number of hydrogen-bond donors (Lipinski definition) is 0. The van der Waals surface area contributed by atoms with Gasteiger partial charge < -0.3 is 4.90 Å². The summed E-state index contributed by atoms with van der Waals surface area (Å²) in [6.07, 6.45) is -5.01. The number of anilines is 1. The number of alkyl halides is 3. The highest BCUT2D eigenvalue weighted by molar-refractivity contribution is 6.29. The minimum absolute atomic E-state index is 0.128. The van der Waals surface area contributed by atoms with E-state index in [4.69, 9.17) is 11.6 Å². The van der Waals surface area contributed by atoms with Gasteiger partial charge in [-0.3, -0.25) is 0 Å². The normalized spacial score (nSPS) is 11.5. The second kappa shape index (κ2) is 4.70. The first-order valence-electron chi connectivity index (χ1n) is 4.29. The number of aromatic nitrogens is 1. The maximum absolute atomic E-state index is 11.9. The molecule has 0 aromatic carbocycles. The number of pyridine rings is 1. The lowest BCUT2D eigenvalue weighted by molar-refractivity contribution is -0.132. The standard InChI is InChI=1S/C9H10ClF3N2/c1-15(6-5-9(11,12)13)8-4-2-3-7(10)14-8/h2-4H,5-6H2,1H3. The largest absolute Gasteiger partial charge is 0.390 e. The fraction of sp³-hybridized carbons (Fsp3) is 0.444. The third-order valence-corrected chi connectivity index (χ3v) is 2.03. The minimum atomic E-state index is -4.15. The van der Waals surface area contributed by atoms with Gasteiger partial charge in [-0.1, -0.05) is 17.7 Å². The van der Waals surface area contributed by atoms with Crippen LogP contribution in [0.3, 0.4) is 0 Å². The second-order valence-electron chi connectivity index (χ2n) is 3.11. The van der Waals surface area contributed by atoms with Crippen LogP contribution in [-0.4, -0.2) is 24.8 Å². The smallest absolute Gasteiger partial charge is 0.359 e. The molecule has 6 heteroatoms. The van der Waals surface area contributed by atoms with Gasteiger partial charge in [-0.05, 0) is 12.1 Å². The summed E-state index contributed by atoms with van der Waals surface area (Å²) in [5.74, 6) is 0.437. The molecule has 0 bridgehead atoms. The highest BCUT2D eigenvalue weighted by atomic mass is 35.5. The van der Waals surface area contributed by atoms with Gasteiger partial charge in [0.25, 0.3) is 0 Å². The van der Waals surface area contributed by atoms with Crippen LogP contribution in [-0.2, 0) is 0 Å². The zero-order chi connectivity index (χ0) is 11.5. The van der Waals surface area contributed by atoms with Crippen molar-refractivity contribution in [3.05, 3.63) is 23.4 Å². The molecule has 0 aliphatic carbocycles. The summed E-state index contributed by atoms with van der Waals surface area (Å²) >= 11 is 5.62. The minimum Gasteiger partial charge on any atom is -0.359 e. The lowest BCUT2D eigenvalue weighted by Gasteiger charge is -2.18. The maximum atomic E-state index is 11.9. The summed E-state index contributed by atoms with van der Waals surface area (Å²) in [6, 6.07) is 4.83. The molecule has 0 saturated heterocycles. The van der Waals surface area contributed by atoms with Crippen molar-refractivity contribution in [3.63, 3.8) is 0 Å². The molecular formula is C9H10ClF3N2. The van der Waals surface area contributed by atoms with E-state index >= 15 is 0 Å². The summed E-state index contributed by atoms with van der Waals surface area (Å²) in [4.78, 5) is 5.31. The predicted molar refractivity (Wildman–Crippen MR) is 53.2 cm³/mol. The van der Waals surface area contributed by atoms with Gasteiger partial charge in [-0.2, -0.15) is 13.2 Å². The van der Waals surface area contributed by atoms with Gasteiger partial charge in [-0.25, -0.2) is 4.98 Å². The fourth-order valence-electron chi connectivity index (χ4n) is 1.02. The summed E-state index contributed by atoms with van der Waals surface area (Å²) in [5.41, 5.74) is 0. The average molecular weight is 239 g/mol. The van der Waals surface area contributed by atoms with Crippen molar-refractivity contribution in [2.45, 2.75) is 12.6 Å².